The molecule has 0 saturated carbocycles. The Hall–Kier alpha value is 0.200. The van der Waals surface area contributed by atoms with Crippen LogP contribution < -0.4 is 0 Å². The maximum absolute atomic E-state index is 2.39. The highest BCUT2D eigenvalue weighted by Crippen LogP contribution is 2.62. The van der Waals surface area contributed by atoms with Crippen LogP contribution in [0.5, 0.6) is 0 Å². The van der Waals surface area contributed by atoms with Gasteiger partial charge in [0.2, 0.25) is 0 Å². The summed E-state index contributed by atoms with van der Waals surface area (Å²) >= 11 is 0. The van der Waals surface area contributed by atoms with Gasteiger partial charge in [-0.05, 0) is 28.4 Å². The van der Waals surface area contributed by atoms with Gasteiger partial charge in [-0.1, -0.05) is 40.1 Å². The molecule has 84 valence electrons. The van der Waals surface area contributed by atoms with Crippen molar-refractivity contribution in [3.8, 4) is 0 Å². The van der Waals surface area contributed by atoms with E-state index < -0.39 is 0 Å². The van der Waals surface area contributed by atoms with Crippen molar-refractivity contribution in [2.24, 2.45) is 5.41 Å². The van der Waals surface area contributed by atoms with Gasteiger partial charge in [-0.3, -0.25) is 0 Å². The Morgan fingerprint density at radius 1 is 1.13 bits per heavy atom. The van der Waals surface area contributed by atoms with E-state index in [1.54, 1.807) is 0 Å². The maximum atomic E-state index is 2.39. The molecular weight excluding hydrogens is 242 g/mol. The van der Waals surface area contributed by atoms with Gasteiger partial charge < -0.3 is 4.90 Å². The van der Waals surface area contributed by atoms with Crippen LogP contribution in [0, 0.1) is 5.41 Å². The van der Waals surface area contributed by atoms with Crippen molar-refractivity contribution in [1.82, 2.24) is 4.90 Å². The number of nitrogens with zero attached hydrogens (tertiary/aromatic N) is 1. The highest BCUT2D eigenvalue weighted by atomic mass is 33.5. The van der Waals surface area contributed by atoms with Crippen molar-refractivity contribution >= 4 is 35.0 Å². The first-order valence-electron chi connectivity index (χ1n) is 4.97. The van der Waals surface area contributed by atoms with Crippen LogP contribution in [0.15, 0.2) is 22.1 Å². The van der Waals surface area contributed by atoms with Crippen molar-refractivity contribution in [3.05, 3.63) is 22.1 Å². The van der Waals surface area contributed by atoms with Crippen LogP contribution in [-0.4, -0.2) is 23.9 Å². The van der Waals surface area contributed by atoms with Crippen molar-refractivity contribution in [2.75, 3.05) is 14.1 Å². The quantitative estimate of drug-likeness (QED) is 0.516. The lowest BCUT2D eigenvalue weighted by Crippen LogP contribution is -2.08. The first kappa shape index (κ1) is 11.7. The number of rotatable bonds is 1. The van der Waals surface area contributed by atoms with E-state index in [4.69, 9.17) is 0 Å². The van der Waals surface area contributed by atoms with Crippen LogP contribution in [0.1, 0.15) is 20.8 Å². The molecule has 0 fully saturated rings. The zero-order valence-corrected chi connectivity index (χ0v) is 12.3. The standard InChI is InChI=1S/C11H17NS3/c1-11(2,3)9-6-8-7-10(12(4)5)14-15(8)13-9/h6-7H,1-5H3. The van der Waals surface area contributed by atoms with Crippen LogP contribution in [0.25, 0.3) is 0 Å². The molecule has 0 amide bonds. The van der Waals surface area contributed by atoms with Gasteiger partial charge in [0, 0.05) is 23.9 Å². The Balaban J connectivity index is 2.18. The first-order chi connectivity index (χ1) is 6.88. The lowest BCUT2D eigenvalue weighted by Gasteiger charge is -2.20. The van der Waals surface area contributed by atoms with E-state index in [2.05, 4.69) is 51.9 Å². The molecule has 0 saturated heterocycles. The minimum atomic E-state index is 0.307. The zero-order valence-electron chi connectivity index (χ0n) is 9.83. The molecule has 0 aromatic carbocycles. The molecule has 1 unspecified atom stereocenters. The molecule has 0 aromatic rings. The third-order valence-corrected chi connectivity index (χ3v) is 9.06. The van der Waals surface area contributed by atoms with Crippen molar-refractivity contribution < 1.29 is 0 Å². The molecule has 15 heavy (non-hydrogen) atoms. The van der Waals surface area contributed by atoms with E-state index in [0.29, 0.717) is 14.0 Å². The van der Waals surface area contributed by atoms with E-state index in [1.807, 2.05) is 21.6 Å². The van der Waals surface area contributed by atoms with Crippen LogP contribution in [0.3, 0.4) is 0 Å². The van der Waals surface area contributed by atoms with E-state index in [1.165, 1.54) is 14.8 Å². The molecular formula is C11H17NS3. The van der Waals surface area contributed by atoms with Gasteiger partial charge in [-0.25, -0.2) is 0 Å². The normalized spacial score (nSPS) is 25.1. The SMILES string of the molecule is CN(C)C1=CC2=S(S1)SC(C(C)(C)C)=C2. The molecule has 0 bridgehead atoms. The second-order valence-electron chi connectivity index (χ2n) is 4.94. The summed E-state index contributed by atoms with van der Waals surface area (Å²) in [6, 6.07) is 0. The summed E-state index contributed by atoms with van der Waals surface area (Å²) in [6.45, 7) is 6.87. The second kappa shape index (κ2) is 3.90. The van der Waals surface area contributed by atoms with Crippen LogP contribution in [0.4, 0.5) is 0 Å². The van der Waals surface area contributed by atoms with Gasteiger partial charge in [0.25, 0.3) is 0 Å². The van der Waals surface area contributed by atoms with Gasteiger partial charge in [0.1, 0.15) is 0 Å². The average Bonchev–Trinajstić information content (AvgIpc) is 2.55. The fourth-order valence-electron chi connectivity index (χ4n) is 1.25. The largest absolute Gasteiger partial charge is 0.372 e. The maximum Gasteiger partial charge on any atom is 0.0825 e. The molecule has 2 aliphatic rings. The molecule has 0 aliphatic carbocycles. The Labute approximate surface area is 102 Å². The van der Waals surface area contributed by atoms with Gasteiger partial charge in [-0.2, -0.15) is 0 Å². The molecule has 1 atom stereocenters. The van der Waals surface area contributed by atoms with Crippen molar-refractivity contribution in [1.29, 1.82) is 0 Å². The second-order valence-corrected chi connectivity index (χ2v) is 10.7. The molecule has 4 heteroatoms. The number of hydrogen-bond acceptors (Lipinski definition) is 3. The van der Waals surface area contributed by atoms with E-state index in [9.17, 15) is 0 Å². The predicted molar refractivity (Wildman–Crippen MR) is 77.1 cm³/mol. The van der Waals surface area contributed by atoms with Gasteiger partial charge in [-0.15, -0.1) is 0 Å². The zero-order chi connectivity index (χ0) is 11.2. The molecule has 2 rings (SSSR count). The highest BCUT2D eigenvalue weighted by molar-refractivity contribution is 9.17. The fraction of sp³-hybridized carbons (Fsp3) is 0.545. The summed E-state index contributed by atoms with van der Waals surface area (Å²) < 4.78 is 0. The summed E-state index contributed by atoms with van der Waals surface area (Å²) in [7, 11) is 8.60. The molecule has 0 N–H and O–H groups in total. The molecule has 0 radical (unpaired) electrons. The average molecular weight is 259 g/mol. The summed E-state index contributed by atoms with van der Waals surface area (Å²) in [4.78, 5) is 5.25. The van der Waals surface area contributed by atoms with Crippen LogP contribution in [0.2, 0.25) is 0 Å². The Kier molecular flexibility index (Phi) is 3.03. The topological polar surface area (TPSA) is 3.24 Å². The van der Waals surface area contributed by atoms with E-state index >= 15 is 0 Å². The van der Waals surface area contributed by atoms with Crippen LogP contribution in [-0.2, 0) is 0 Å². The highest BCUT2D eigenvalue weighted by Gasteiger charge is 2.28. The van der Waals surface area contributed by atoms with E-state index in [-0.39, 0.29) is 0 Å². The minimum absolute atomic E-state index is 0.307. The fourth-order valence-corrected chi connectivity index (χ4v) is 8.41. The summed E-state index contributed by atoms with van der Waals surface area (Å²) in [5.41, 5.74) is 0.307. The molecule has 2 aliphatic heterocycles. The Morgan fingerprint density at radius 3 is 2.27 bits per heavy atom. The monoisotopic (exact) mass is 259 g/mol. The third kappa shape index (κ3) is 2.32. The number of allylic oxidation sites excluding steroid dienone is 3. The number of hydrogen-bond donors (Lipinski definition) is 0. The van der Waals surface area contributed by atoms with Gasteiger partial charge in [0.15, 0.2) is 0 Å². The lowest BCUT2D eigenvalue weighted by atomic mass is 9.95. The van der Waals surface area contributed by atoms with Crippen molar-refractivity contribution in [3.63, 3.8) is 0 Å². The Bertz CT molecular complexity index is 383. The summed E-state index contributed by atoms with van der Waals surface area (Å²) in [6.07, 6.45) is 4.72. The third-order valence-electron chi connectivity index (χ3n) is 2.24. The lowest BCUT2D eigenvalue weighted by molar-refractivity contribution is 0.534. The predicted octanol–water partition coefficient (Wildman–Crippen LogP) is 4.08. The first-order valence-corrected chi connectivity index (χ1v) is 8.86. The summed E-state index contributed by atoms with van der Waals surface area (Å²) in [5.74, 6) is 0. The molecule has 0 spiro atoms. The van der Waals surface area contributed by atoms with Crippen molar-refractivity contribution in [2.45, 2.75) is 20.8 Å². The van der Waals surface area contributed by atoms with Gasteiger partial charge in [0.05, 0.1) is 5.03 Å². The Morgan fingerprint density at radius 2 is 1.80 bits per heavy atom. The smallest absolute Gasteiger partial charge is 0.0825 e. The van der Waals surface area contributed by atoms with Crippen LogP contribution >= 0.6 is 30.1 Å². The molecule has 1 nitrogen and oxygen atoms in total. The minimum Gasteiger partial charge on any atom is -0.372 e. The summed E-state index contributed by atoms with van der Waals surface area (Å²) in [5, 5.41) is 1.39. The van der Waals surface area contributed by atoms with E-state index in [0.717, 1.165) is 0 Å². The molecule has 2 heterocycles. The van der Waals surface area contributed by atoms with Gasteiger partial charge >= 0.3 is 0 Å². The molecule has 0 aromatic heterocycles.